The van der Waals surface area contributed by atoms with Crippen molar-refractivity contribution in [3.8, 4) is 11.3 Å². The van der Waals surface area contributed by atoms with Crippen LogP contribution >= 0.6 is 0 Å². The van der Waals surface area contributed by atoms with Crippen LogP contribution in [-0.2, 0) is 6.42 Å². The zero-order valence-corrected chi connectivity index (χ0v) is 10.3. The fourth-order valence-electron chi connectivity index (χ4n) is 2.53. The number of furan rings is 1. The Balaban J connectivity index is 2.28. The van der Waals surface area contributed by atoms with Crippen LogP contribution in [0.25, 0.3) is 11.3 Å². The summed E-state index contributed by atoms with van der Waals surface area (Å²) in [5, 5.41) is 0. The van der Waals surface area contributed by atoms with Crippen molar-refractivity contribution < 1.29 is 4.42 Å². The Labute approximate surface area is 96.1 Å². The normalized spacial score (nSPS) is 12.8. The molecule has 16 heavy (non-hydrogen) atoms. The molecule has 1 nitrogen and oxygen atoms in total. The van der Waals surface area contributed by atoms with E-state index in [1.807, 2.05) is 6.92 Å². The van der Waals surface area contributed by atoms with E-state index in [1.54, 1.807) is 0 Å². The van der Waals surface area contributed by atoms with Crippen molar-refractivity contribution in [2.75, 3.05) is 0 Å². The van der Waals surface area contributed by atoms with Crippen LogP contribution < -0.4 is 0 Å². The van der Waals surface area contributed by atoms with Gasteiger partial charge in [0.1, 0.15) is 11.5 Å². The molecule has 82 valence electrons. The molecule has 3 rings (SSSR count). The van der Waals surface area contributed by atoms with E-state index in [4.69, 9.17) is 4.42 Å². The van der Waals surface area contributed by atoms with Crippen LogP contribution in [0, 0.1) is 27.7 Å². The highest BCUT2D eigenvalue weighted by molar-refractivity contribution is 5.75. The van der Waals surface area contributed by atoms with Gasteiger partial charge in [0.2, 0.25) is 0 Å². The highest BCUT2D eigenvalue weighted by Gasteiger charge is 2.25. The number of hydrogen-bond acceptors (Lipinski definition) is 1. The Morgan fingerprint density at radius 2 is 1.69 bits per heavy atom. The lowest BCUT2D eigenvalue weighted by molar-refractivity contribution is 0.546. The third-order valence-electron chi connectivity index (χ3n) is 3.84. The van der Waals surface area contributed by atoms with Gasteiger partial charge in [0.25, 0.3) is 0 Å². The smallest absolute Gasteiger partial charge is 0.138 e. The van der Waals surface area contributed by atoms with Crippen LogP contribution in [0.3, 0.4) is 0 Å². The quantitative estimate of drug-likeness (QED) is 0.547. The average Bonchev–Trinajstić information content (AvgIpc) is 2.69. The number of benzene rings is 1. The van der Waals surface area contributed by atoms with Gasteiger partial charge in [-0.3, -0.25) is 0 Å². The van der Waals surface area contributed by atoms with Gasteiger partial charge in [-0.2, -0.15) is 0 Å². The molecule has 0 saturated carbocycles. The molecule has 0 N–H and O–H groups in total. The van der Waals surface area contributed by atoms with Gasteiger partial charge in [-0.05, 0) is 56.0 Å². The molecule has 0 aliphatic heterocycles. The molecular weight excluding hydrogens is 196 g/mol. The van der Waals surface area contributed by atoms with E-state index >= 15 is 0 Å². The first kappa shape index (κ1) is 9.71. The molecule has 0 amide bonds. The first-order chi connectivity index (χ1) is 7.58. The summed E-state index contributed by atoms with van der Waals surface area (Å²) in [6, 6.07) is 4.56. The molecule has 0 bridgehead atoms. The van der Waals surface area contributed by atoms with Crippen molar-refractivity contribution in [2.24, 2.45) is 0 Å². The second kappa shape index (κ2) is 3.00. The van der Waals surface area contributed by atoms with E-state index in [2.05, 4.69) is 32.9 Å². The third-order valence-corrected chi connectivity index (χ3v) is 3.84. The van der Waals surface area contributed by atoms with Gasteiger partial charge >= 0.3 is 0 Å². The molecule has 0 fully saturated rings. The summed E-state index contributed by atoms with van der Waals surface area (Å²) in [5.41, 5.74) is 8.14. The molecule has 0 radical (unpaired) electrons. The summed E-state index contributed by atoms with van der Waals surface area (Å²) in [6.45, 7) is 8.54. The first-order valence-corrected chi connectivity index (χ1v) is 5.77. The lowest BCUT2D eigenvalue weighted by atomic mass is 10.0. The van der Waals surface area contributed by atoms with E-state index in [9.17, 15) is 0 Å². The van der Waals surface area contributed by atoms with Crippen LogP contribution in [0.5, 0.6) is 0 Å². The fraction of sp³-hybridized carbons (Fsp3) is 0.333. The molecule has 1 aliphatic carbocycles. The molecule has 1 aromatic heterocycles. The lowest BCUT2D eigenvalue weighted by Crippen LogP contribution is -1.88. The van der Waals surface area contributed by atoms with Crippen LogP contribution in [0.1, 0.15) is 33.6 Å². The minimum atomic E-state index is 1.04. The standard InChI is InChI=1S/C15H16O/c1-8-5-12-7-13-10(3)11(4)16-15(13)14(12)6-9(8)2/h5-6H,7H2,1-4H3. The van der Waals surface area contributed by atoms with Crippen LogP contribution in [0.4, 0.5) is 0 Å². The first-order valence-electron chi connectivity index (χ1n) is 5.77. The predicted octanol–water partition coefficient (Wildman–Crippen LogP) is 4.08. The number of fused-ring (bicyclic) bond motifs is 3. The maximum Gasteiger partial charge on any atom is 0.138 e. The molecule has 0 unspecified atom stereocenters. The maximum absolute atomic E-state index is 5.88. The minimum Gasteiger partial charge on any atom is -0.461 e. The second-order valence-corrected chi connectivity index (χ2v) is 4.86. The van der Waals surface area contributed by atoms with Gasteiger partial charge in [-0.1, -0.05) is 6.07 Å². The summed E-state index contributed by atoms with van der Waals surface area (Å²) >= 11 is 0. The van der Waals surface area contributed by atoms with E-state index in [-0.39, 0.29) is 0 Å². The van der Waals surface area contributed by atoms with Crippen molar-refractivity contribution in [3.63, 3.8) is 0 Å². The van der Waals surface area contributed by atoms with Gasteiger partial charge in [-0.25, -0.2) is 0 Å². The van der Waals surface area contributed by atoms with Gasteiger partial charge in [0.05, 0.1) is 0 Å². The molecule has 1 aliphatic rings. The predicted molar refractivity (Wildman–Crippen MR) is 65.9 cm³/mol. The Hall–Kier alpha value is -1.50. The molecule has 1 aromatic carbocycles. The highest BCUT2D eigenvalue weighted by atomic mass is 16.3. The monoisotopic (exact) mass is 212 g/mol. The van der Waals surface area contributed by atoms with Crippen molar-refractivity contribution in [1.82, 2.24) is 0 Å². The summed E-state index contributed by atoms with van der Waals surface area (Å²) in [4.78, 5) is 0. The van der Waals surface area contributed by atoms with Crippen LogP contribution in [0.15, 0.2) is 16.5 Å². The molecular formula is C15H16O. The summed E-state index contributed by atoms with van der Waals surface area (Å²) in [5.74, 6) is 2.17. The zero-order valence-electron chi connectivity index (χ0n) is 10.3. The topological polar surface area (TPSA) is 13.1 Å². The molecule has 0 spiro atoms. The van der Waals surface area contributed by atoms with Gasteiger partial charge in [0, 0.05) is 17.5 Å². The molecule has 2 aromatic rings. The Morgan fingerprint density at radius 1 is 1.00 bits per heavy atom. The Bertz CT molecular complexity index is 588. The van der Waals surface area contributed by atoms with Crippen molar-refractivity contribution in [2.45, 2.75) is 34.1 Å². The second-order valence-electron chi connectivity index (χ2n) is 4.86. The molecule has 1 heteroatoms. The largest absolute Gasteiger partial charge is 0.461 e. The Kier molecular flexibility index (Phi) is 1.82. The van der Waals surface area contributed by atoms with Crippen molar-refractivity contribution >= 4 is 0 Å². The van der Waals surface area contributed by atoms with E-state index in [0.29, 0.717) is 0 Å². The Morgan fingerprint density at radius 3 is 2.44 bits per heavy atom. The number of aryl methyl sites for hydroxylation is 3. The number of rotatable bonds is 0. The maximum atomic E-state index is 5.88. The SMILES string of the molecule is Cc1cc2c(cc1C)-c1oc(C)c(C)c1C2. The zero-order chi connectivity index (χ0) is 11.4. The third kappa shape index (κ3) is 1.12. The van der Waals surface area contributed by atoms with Gasteiger partial charge in [-0.15, -0.1) is 0 Å². The summed E-state index contributed by atoms with van der Waals surface area (Å²) < 4.78 is 5.88. The van der Waals surface area contributed by atoms with Crippen molar-refractivity contribution in [3.05, 3.63) is 45.7 Å². The van der Waals surface area contributed by atoms with Crippen LogP contribution in [0.2, 0.25) is 0 Å². The van der Waals surface area contributed by atoms with Gasteiger partial charge < -0.3 is 4.42 Å². The summed E-state index contributed by atoms with van der Waals surface area (Å²) in [7, 11) is 0. The molecule has 0 saturated heterocycles. The summed E-state index contributed by atoms with van der Waals surface area (Å²) in [6.07, 6.45) is 1.04. The van der Waals surface area contributed by atoms with E-state index < -0.39 is 0 Å². The van der Waals surface area contributed by atoms with Crippen molar-refractivity contribution in [1.29, 1.82) is 0 Å². The van der Waals surface area contributed by atoms with Gasteiger partial charge in [0.15, 0.2) is 0 Å². The van der Waals surface area contributed by atoms with Crippen LogP contribution in [-0.4, -0.2) is 0 Å². The van der Waals surface area contributed by atoms with E-state index in [1.165, 1.54) is 33.4 Å². The van der Waals surface area contributed by atoms with E-state index in [0.717, 1.165) is 17.9 Å². The number of hydrogen-bond donors (Lipinski definition) is 0. The minimum absolute atomic E-state index is 1.04. The highest BCUT2D eigenvalue weighted by Crippen LogP contribution is 2.41. The molecule has 0 atom stereocenters. The average molecular weight is 212 g/mol. The fourth-order valence-corrected chi connectivity index (χ4v) is 2.53. The molecule has 1 heterocycles. The lowest BCUT2D eigenvalue weighted by Gasteiger charge is -2.05.